The molecule has 86 valence electrons. The summed E-state index contributed by atoms with van der Waals surface area (Å²) in [6.45, 7) is 1.88. The first kappa shape index (κ1) is 12.7. The van der Waals surface area contributed by atoms with Crippen LogP contribution in [-0.2, 0) is 9.59 Å². The first-order chi connectivity index (χ1) is 7.41. The Morgan fingerprint density at radius 2 is 2.00 bits per heavy atom. The molecule has 0 aliphatic carbocycles. The van der Waals surface area contributed by atoms with E-state index in [0.717, 1.165) is 5.56 Å². The Hall–Kier alpha value is -1.36. The topological polar surface area (TPSA) is 74.6 Å². The summed E-state index contributed by atoms with van der Waals surface area (Å²) in [4.78, 5) is 21.6. The maximum Gasteiger partial charge on any atom is 0.311 e. The smallest absolute Gasteiger partial charge is 0.311 e. The zero-order chi connectivity index (χ0) is 12.3. The van der Waals surface area contributed by atoms with Gasteiger partial charge in [0, 0.05) is 4.47 Å². The summed E-state index contributed by atoms with van der Waals surface area (Å²) in [5, 5.41) is 17.6. The largest absolute Gasteiger partial charge is 0.481 e. The second-order valence-corrected chi connectivity index (χ2v) is 4.37. The van der Waals surface area contributed by atoms with Gasteiger partial charge in [-0.2, -0.15) is 0 Å². The molecule has 0 saturated carbocycles. The lowest BCUT2D eigenvalue weighted by Gasteiger charge is -2.12. The Bertz CT molecular complexity index is 428. The van der Waals surface area contributed by atoms with Crippen molar-refractivity contribution in [3.63, 3.8) is 0 Å². The maximum absolute atomic E-state index is 11.0. The highest BCUT2D eigenvalue weighted by Gasteiger charge is 2.24. The van der Waals surface area contributed by atoms with Gasteiger partial charge in [0.2, 0.25) is 0 Å². The lowest BCUT2D eigenvalue weighted by atomic mass is 9.95. The Labute approximate surface area is 101 Å². The fourth-order valence-corrected chi connectivity index (χ4v) is 2.19. The minimum atomic E-state index is -1.13. The van der Waals surface area contributed by atoms with Crippen LogP contribution in [0, 0.1) is 6.92 Å². The summed E-state index contributed by atoms with van der Waals surface area (Å²) in [7, 11) is 0. The molecule has 0 bridgehead atoms. The summed E-state index contributed by atoms with van der Waals surface area (Å²) in [5.74, 6) is -3.28. The van der Waals surface area contributed by atoms with Gasteiger partial charge < -0.3 is 10.2 Å². The van der Waals surface area contributed by atoms with Crippen LogP contribution < -0.4 is 0 Å². The second kappa shape index (κ2) is 5.12. The number of carbonyl (C=O) groups is 2. The highest BCUT2D eigenvalue weighted by molar-refractivity contribution is 9.10. The van der Waals surface area contributed by atoms with Crippen molar-refractivity contribution in [2.24, 2.45) is 0 Å². The molecule has 1 unspecified atom stereocenters. The van der Waals surface area contributed by atoms with Crippen LogP contribution >= 0.6 is 15.9 Å². The molecule has 0 radical (unpaired) electrons. The number of carboxylic acids is 2. The Morgan fingerprint density at radius 3 is 2.44 bits per heavy atom. The van der Waals surface area contributed by atoms with Crippen LogP contribution in [0.1, 0.15) is 23.5 Å². The zero-order valence-electron chi connectivity index (χ0n) is 8.61. The van der Waals surface area contributed by atoms with Crippen LogP contribution in [0.25, 0.3) is 0 Å². The van der Waals surface area contributed by atoms with Crippen LogP contribution in [-0.4, -0.2) is 22.2 Å². The molecule has 0 aliphatic heterocycles. The van der Waals surface area contributed by atoms with Crippen molar-refractivity contribution in [1.82, 2.24) is 0 Å². The predicted octanol–water partition coefficient (Wildman–Crippen LogP) is 2.40. The van der Waals surface area contributed by atoms with E-state index >= 15 is 0 Å². The van der Waals surface area contributed by atoms with E-state index in [1.165, 1.54) is 0 Å². The molecule has 1 aromatic rings. The average molecular weight is 287 g/mol. The quantitative estimate of drug-likeness (QED) is 0.891. The highest BCUT2D eigenvalue weighted by Crippen LogP contribution is 2.28. The van der Waals surface area contributed by atoms with E-state index in [4.69, 9.17) is 10.2 Å². The Kier molecular flexibility index (Phi) is 4.06. The molecule has 1 rings (SSSR count). The number of hydrogen-bond donors (Lipinski definition) is 2. The van der Waals surface area contributed by atoms with Crippen LogP contribution in [0.4, 0.5) is 0 Å². The zero-order valence-corrected chi connectivity index (χ0v) is 10.2. The van der Waals surface area contributed by atoms with Gasteiger partial charge in [0.25, 0.3) is 0 Å². The number of aryl methyl sites for hydroxylation is 1. The van der Waals surface area contributed by atoms with Gasteiger partial charge in [-0.15, -0.1) is 0 Å². The summed E-state index contributed by atoms with van der Waals surface area (Å²) in [6.07, 6.45) is -0.420. The normalized spacial score (nSPS) is 12.1. The lowest BCUT2D eigenvalue weighted by Crippen LogP contribution is -2.16. The van der Waals surface area contributed by atoms with Crippen LogP contribution in [0.5, 0.6) is 0 Å². The molecule has 0 fully saturated rings. The van der Waals surface area contributed by atoms with Crippen LogP contribution in [0.15, 0.2) is 22.7 Å². The SMILES string of the molecule is Cc1ccc(C(CC(=O)O)C(=O)O)c(Br)c1. The number of aliphatic carboxylic acids is 2. The molecule has 5 heteroatoms. The number of carboxylic acid groups (broad SMARTS) is 2. The molecule has 16 heavy (non-hydrogen) atoms. The fraction of sp³-hybridized carbons (Fsp3) is 0.273. The molecular weight excluding hydrogens is 276 g/mol. The average Bonchev–Trinajstić information content (AvgIpc) is 2.14. The van der Waals surface area contributed by atoms with Crippen molar-refractivity contribution in [2.75, 3.05) is 0 Å². The molecule has 2 N–H and O–H groups in total. The summed E-state index contributed by atoms with van der Waals surface area (Å²) < 4.78 is 0.626. The van der Waals surface area contributed by atoms with Gasteiger partial charge in [0.05, 0.1) is 12.3 Å². The number of benzene rings is 1. The molecule has 0 amide bonds. The fourth-order valence-electron chi connectivity index (χ4n) is 1.42. The first-order valence-corrected chi connectivity index (χ1v) is 5.41. The van der Waals surface area contributed by atoms with E-state index in [0.29, 0.717) is 10.0 Å². The molecule has 0 heterocycles. The van der Waals surface area contributed by atoms with Crippen molar-refractivity contribution in [3.8, 4) is 0 Å². The number of halogens is 1. The Balaban J connectivity index is 3.10. The number of rotatable bonds is 4. The van der Waals surface area contributed by atoms with Gasteiger partial charge >= 0.3 is 11.9 Å². The third-order valence-corrected chi connectivity index (χ3v) is 2.89. The molecule has 1 atom stereocenters. The van der Waals surface area contributed by atoms with Crippen molar-refractivity contribution >= 4 is 27.9 Å². The lowest BCUT2D eigenvalue weighted by molar-refractivity contribution is -0.145. The van der Waals surface area contributed by atoms with E-state index in [9.17, 15) is 9.59 Å². The van der Waals surface area contributed by atoms with Crippen molar-refractivity contribution in [2.45, 2.75) is 19.3 Å². The van der Waals surface area contributed by atoms with Gasteiger partial charge in [-0.1, -0.05) is 28.1 Å². The first-order valence-electron chi connectivity index (χ1n) is 4.62. The van der Waals surface area contributed by atoms with Crippen LogP contribution in [0.3, 0.4) is 0 Å². The molecule has 4 nitrogen and oxygen atoms in total. The summed E-state index contributed by atoms with van der Waals surface area (Å²) in [5.41, 5.74) is 1.47. The van der Waals surface area contributed by atoms with Gasteiger partial charge in [-0.05, 0) is 24.1 Å². The van der Waals surface area contributed by atoms with Crippen molar-refractivity contribution < 1.29 is 19.8 Å². The van der Waals surface area contributed by atoms with Crippen molar-refractivity contribution in [3.05, 3.63) is 33.8 Å². The minimum absolute atomic E-state index is 0.420. The summed E-state index contributed by atoms with van der Waals surface area (Å²) in [6, 6.07) is 5.17. The second-order valence-electron chi connectivity index (χ2n) is 3.51. The van der Waals surface area contributed by atoms with Gasteiger partial charge in [-0.3, -0.25) is 9.59 Å². The van der Waals surface area contributed by atoms with E-state index in [1.54, 1.807) is 18.2 Å². The van der Waals surface area contributed by atoms with Crippen molar-refractivity contribution in [1.29, 1.82) is 0 Å². The molecular formula is C11H11BrO4. The summed E-state index contributed by atoms with van der Waals surface area (Å²) >= 11 is 3.25. The predicted molar refractivity (Wildman–Crippen MR) is 61.5 cm³/mol. The molecule has 0 spiro atoms. The van der Waals surface area contributed by atoms with E-state index in [1.807, 2.05) is 6.92 Å². The standard InChI is InChI=1S/C11H11BrO4/c1-6-2-3-7(9(12)4-6)8(11(15)16)5-10(13)14/h2-4,8H,5H2,1H3,(H,13,14)(H,15,16). The van der Waals surface area contributed by atoms with Gasteiger partial charge in [0.15, 0.2) is 0 Å². The Morgan fingerprint density at radius 1 is 1.38 bits per heavy atom. The maximum atomic E-state index is 11.0. The third-order valence-electron chi connectivity index (χ3n) is 2.21. The molecule has 1 aromatic carbocycles. The van der Waals surface area contributed by atoms with E-state index < -0.39 is 24.3 Å². The monoisotopic (exact) mass is 286 g/mol. The minimum Gasteiger partial charge on any atom is -0.481 e. The van der Waals surface area contributed by atoms with E-state index in [-0.39, 0.29) is 0 Å². The van der Waals surface area contributed by atoms with Gasteiger partial charge in [0.1, 0.15) is 0 Å². The third kappa shape index (κ3) is 3.06. The van der Waals surface area contributed by atoms with Crippen LogP contribution in [0.2, 0.25) is 0 Å². The molecule has 0 saturated heterocycles. The molecule has 0 aromatic heterocycles. The van der Waals surface area contributed by atoms with E-state index in [2.05, 4.69) is 15.9 Å². The number of hydrogen-bond acceptors (Lipinski definition) is 2. The molecule has 0 aliphatic rings. The van der Waals surface area contributed by atoms with Gasteiger partial charge in [-0.25, -0.2) is 0 Å². The highest BCUT2D eigenvalue weighted by atomic mass is 79.9.